The molecule has 0 unspecified atom stereocenters. The number of likely N-dealkylation sites (N-methyl/N-ethyl adjacent to an activating group) is 1. The van der Waals surface area contributed by atoms with Crippen LogP contribution in [0.1, 0.15) is 85.0 Å². The zero-order valence-electron chi connectivity index (χ0n) is 26.5. The van der Waals surface area contributed by atoms with Gasteiger partial charge in [0.1, 0.15) is 11.1 Å². The Balaban J connectivity index is 1.21. The van der Waals surface area contributed by atoms with Crippen LogP contribution in [0.2, 0.25) is 0 Å². The lowest BCUT2D eigenvalue weighted by Crippen LogP contribution is -2.66. The normalized spacial score (nSPS) is 32.4. The first-order chi connectivity index (χ1) is 21.0. The molecule has 12 heteroatoms. The van der Waals surface area contributed by atoms with Crippen molar-refractivity contribution in [2.45, 2.75) is 96.6 Å². The van der Waals surface area contributed by atoms with Crippen molar-refractivity contribution < 1.29 is 28.7 Å². The average Bonchev–Trinajstić information content (AvgIpc) is 3.46. The van der Waals surface area contributed by atoms with Crippen LogP contribution in [0.5, 0.6) is 0 Å². The van der Waals surface area contributed by atoms with Gasteiger partial charge in [-0.2, -0.15) is 0 Å². The maximum absolute atomic E-state index is 14.1. The van der Waals surface area contributed by atoms with Crippen molar-refractivity contribution in [2.75, 3.05) is 44.9 Å². The SMILES string of the molecule is CCSC(SCC)=C1C(=O)N(CC2(C)CCCC2)C(=O)N(C2CCC3(CC2)CC2(C3)C(=O)N(C)C(=O)N2CC2COC2)C1=O. The summed E-state index contributed by atoms with van der Waals surface area (Å²) in [5.41, 5.74) is -0.863. The molecule has 3 aliphatic carbocycles. The molecular weight excluding hydrogens is 601 g/mol. The number of rotatable bonds is 9. The smallest absolute Gasteiger partial charge is 0.334 e. The van der Waals surface area contributed by atoms with Gasteiger partial charge in [-0.05, 0) is 73.7 Å². The van der Waals surface area contributed by atoms with Gasteiger partial charge in [0.25, 0.3) is 17.7 Å². The van der Waals surface area contributed by atoms with Gasteiger partial charge in [-0.25, -0.2) is 9.59 Å². The molecule has 0 aromatic heterocycles. The quantitative estimate of drug-likeness (QED) is 0.194. The van der Waals surface area contributed by atoms with Gasteiger partial charge in [-0.3, -0.25) is 29.1 Å². The summed E-state index contributed by atoms with van der Waals surface area (Å²) in [6.45, 7) is 8.27. The number of urea groups is 2. The Morgan fingerprint density at radius 1 is 0.886 bits per heavy atom. The molecule has 0 radical (unpaired) electrons. The molecule has 0 bridgehead atoms. The highest BCUT2D eigenvalue weighted by atomic mass is 32.2. The van der Waals surface area contributed by atoms with Crippen LogP contribution in [0.4, 0.5) is 9.59 Å². The third-order valence-electron chi connectivity index (χ3n) is 11.0. The Hall–Kier alpha value is -2.05. The van der Waals surface area contributed by atoms with E-state index in [1.807, 2.05) is 13.8 Å². The van der Waals surface area contributed by atoms with E-state index in [1.165, 1.54) is 38.2 Å². The Kier molecular flexibility index (Phi) is 8.67. The molecule has 3 aliphatic heterocycles. The first kappa shape index (κ1) is 31.9. The molecule has 44 heavy (non-hydrogen) atoms. The van der Waals surface area contributed by atoms with E-state index in [4.69, 9.17) is 4.74 Å². The van der Waals surface area contributed by atoms with Crippen molar-refractivity contribution in [3.63, 3.8) is 0 Å². The highest BCUT2D eigenvalue weighted by Crippen LogP contribution is 2.61. The van der Waals surface area contributed by atoms with E-state index in [1.54, 1.807) is 11.9 Å². The number of thioether (sulfide) groups is 2. The number of amides is 7. The van der Waals surface area contributed by atoms with Crippen LogP contribution in [0.15, 0.2) is 9.81 Å². The minimum absolute atomic E-state index is 0.0966. The zero-order valence-corrected chi connectivity index (χ0v) is 28.2. The molecule has 3 heterocycles. The summed E-state index contributed by atoms with van der Waals surface area (Å²) >= 11 is 3.01. The van der Waals surface area contributed by atoms with Crippen LogP contribution >= 0.6 is 23.5 Å². The lowest BCUT2D eigenvalue weighted by Gasteiger charge is -2.59. The Labute approximate surface area is 269 Å². The molecule has 6 aliphatic rings. The lowest BCUT2D eigenvalue weighted by atomic mass is 9.51. The van der Waals surface area contributed by atoms with E-state index < -0.39 is 23.4 Å². The number of barbiturate groups is 1. The maximum Gasteiger partial charge on any atom is 0.334 e. The molecule has 2 spiro atoms. The second kappa shape index (κ2) is 12.0. The van der Waals surface area contributed by atoms with Crippen LogP contribution in [0, 0.1) is 16.7 Å². The Morgan fingerprint density at radius 3 is 2.05 bits per heavy atom. The summed E-state index contributed by atoms with van der Waals surface area (Å²) in [5.74, 6) is 0.706. The second-order valence-corrected chi connectivity index (χ2v) is 17.0. The van der Waals surface area contributed by atoms with E-state index in [9.17, 15) is 24.0 Å². The predicted molar refractivity (Wildman–Crippen MR) is 170 cm³/mol. The van der Waals surface area contributed by atoms with Crippen LogP contribution in [0.3, 0.4) is 0 Å². The van der Waals surface area contributed by atoms with Gasteiger partial charge in [0.05, 0.1) is 17.5 Å². The van der Waals surface area contributed by atoms with Crippen LogP contribution in [-0.2, 0) is 19.1 Å². The van der Waals surface area contributed by atoms with E-state index >= 15 is 0 Å². The third-order valence-corrected chi connectivity index (χ3v) is 13.3. The van der Waals surface area contributed by atoms with Gasteiger partial charge < -0.3 is 9.64 Å². The van der Waals surface area contributed by atoms with Crippen molar-refractivity contribution in [3.8, 4) is 0 Å². The number of hydrogen-bond acceptors (Lipinski definition) is 8. The summed E-state index contributed by atoms with van der Waals surface area (Å²) in [4.78, 5) is 74.4. The molecule has 3 saturated carbocycles. The summed E-state index contributed by atoms with van der Waals surface area (Å²) in [6, 6.07) is -0.997. The molecule has 0 N–H and O–H groups in total. The molecule has 10 nitrogen and oxygen atoms in total. The van der Waals surface area contributed by atoms with Crippen molar-refractivity contribution in [2.24, 2.45) is 16.7 Å². The van der Waals surface area contributed by atoms with Crippen molar-refractivity contribution in [1.82, 2.24) is 19.6 Å². The molecule has 7 amide bonds. The molecule has 242 valence electrons. The van der Waals surface area contributed by atoms with Crippen molar-refractivity contribution in [1.29, 1.82) is 0 Å². The fourth-order valence-corrected chi connectivity index (χ4v) is 10.8. The molecule has 0 atom stereocenters. The fourth-order valence-electron chi connectivity index (χ4n) is 8.64. The third kappa shape index (κ3) is 5.20. The number of hydrogen-bond donors (Lipinski definition) is 0. The first-order valence-electron chi connectivity index (χ1n) is 16.3. The van der Waals surface area contributed by atoms with E-state index in [0.29, 0.717) is 56.2 Å². The predicted octanol–water partition coefficient (Wildman–Crippen LogP) is 5.08. The van der Waals surface area contributed by atoms with Crippen LogP contribution in [-0.4, -0.2) is 106 Å². The van der Waals surface area contributed by atoms with Gasteiger partial charge in [-0.15, -0.1) is 23.5 Å². The molecule has 6 rings (SSSR count). The summed E-state index contributed by atoms with van der Waals surface area (Å²) < 4.78 is 6.04. The number of carbonyl (C=O) groups is 5. The summed E-state index contributed by atoms with van der Waals surface area (Å²) in [7, 11) is 1.57. The lowest BCUT2D eigenvalue weighted by molar-refractivity contribution is -0.153. The van der Waals surface area contributed by atoms with Crippen molar-refractivity contribution in [3.05, 3.63) is 9.81 Å². The van der Waals surface area contributed by atoms with Gasteiger partial charge in [-0.1, -0.05) is 33.6 Å². The zero-order chi connectivity index (χ0) is 31.4. The van der Waals surface area contributed by atoms with Gasteiger partial charge in [0.2, 0.25) is 0 Å². The minimum Gasteiger partial charge on any atom is -0.381 e. The maximum atomic E-state index is 14.1. The second-order valence-electron chi connectivity index (χ2n) is 14.2. The minimum atomic E-state index is -0.787. The first-order valence-corrected chi connectivity index (χ1v) is 18.3. The highest BCUT2D eigenvalue weighted by Gasteiger charge is 2.68. The Morgan fingerprint density at radius 2 is 1.50 bits per heavy atom. The van der Waals surface area contributed by atoms with Gasteiger partial charge in [0.15, 0.2) is 0 Å². The van der Waals surface area contributed by atoms with E-state index in [-0.39, 0.29) is 40.3 Å². The monoisotopic (exact) mass is 646 g/mol. The average molecular weight is 647 g/mol. The number of carbonyl (C=O) groups excluding carboxylic acids is 5. The number of ether oxygens (including phenoxy) is 1. The van der Waals surface area contributed by atoms with Crippen LogP contribution in [0.25, 0.3) is 0 Å². The van der Waals surface area contributed by atoms with Crippen molar-refractivity contribution >= 4 is 53.3 Å². The molecular formula is C32H46N4O6S2. The van der Waals surface area contributed by atoms with Gasteiger partial charge in [0, 0.05) is 32.1 Å². The van der Waals surface area contributed by atoms with E-state index in [0.717, 1.165) is 50.0 Å². The standard InChI is InChI=1S/C32H46N4O6S2/c1-5-43-26(44-6-2)23-24(37)34(20-30(3)11-7-8-12-30)29(41)36(25(23)38)22-9-13-31(14-10-22)18-32(19-31)27(39)33(4)28(40)35(32)15-21-16-42-17-21/h21-22H,5-20H2,1-4H3. The molecule has 0 aromatic carbocycles. The van der Waals surface area contributed by atoms with E-state index in [2.05, 4.69) is 6.92 Å². The Bertz CT molecular complexity index is 1250. The largest absolute Gasteiger partial charge is 0.381 e. The number of nitrogens with zero attached hydrogens (tertiary/aromatic N) is 4. The topological polar surface area (TPSA) is 108 Å². The number of imide groups is 3. The highest BCUT2D eigenvalue weighted by molar-refractivity contribution is 8.22. The summed E-state index contributed by atoms with van der Waals surface area (Å²) in [5, 5.41) is 0. The molecule has 0 aromatic rings. The van der Waals surface area contributed by atoms with Gasteiger partial charge >= 0.3 is 12.1 Å². The van der Waals surface area contributed by atoms with Crippen LogP contribution < -0.4 is 0 Å². The fraction of sp³-hybridized carbons (Fsp3) is 0.781. The molecule has 3 saturated heterocycles. The molecule has 6 fully saturated rings. The summed E-state index contributed by atoms with van der Waals surface area (Å²) in [6.07, 6.45) is 8.15.